The van der Waals surface area contributed by atoms with Gasteiger partial charge in [0.2, 0.25) is 0 Å². The quantitative estimate of drug-likeness (QED) is 0.247. The first-order valence-electron chi connectivity index (χ1n) is 13.9. The Kier molecular flexibility index (Phi) is 14.6. The van der Waals surface area contributed by atoms with Gasteiger partial charge in [0.05, 0.1) is 11.8 Å². The lowest BCUT2D eigenvalue weighted by Gasteiger charge is -2.24. The minimum absolute atomic E-state index is 0.144. The number of nitrogens with zero attached hydrogens (tertiary/aromatic N) is 2. The minimum atomic E-state index is -0.205. The standard InChI is InChI=1S/C31H46N2O4/c1-5-28(26-16-11-9-12-17-26)30(34)36-24-22-32(7-3)20-15-21-33(8-4)23-25-37-31(35)29(6-2)27-18-13-10-14-19-27/h9-14,16-19,28-29H,5-8,15,20-25H2,1-4H3. The monoisotopic (exact) mass is 510 g/mol. The van der Waals surface area contributed by atoms with E-state index in [0.29, 0.717) is 13.2 Å². The Hall–Kier alpha value is -2.70. The Morgan fingerprint density at radius 3 is 1.32 bits per heavy atom. The summed E-state index contributed by atoms with van der Waals surface area (Å²) in [6, 6.07) is 19.7. The number of ether oxygens (including phenoxy) is 2. The maximum Gasteiger partial charge on any atom is 0.313 e. The Morgan fingerprint density at radius 1 is 0.622 bits per heavy atom. The topological polar surface area (TPSA) is 59.1 Å². The molecule has 2 aromatic rings. The molecule has 6 heteroatoms. The number of benzene rings is 2. The van der Waals surface area contributed by atoms with Gasteiger partial charge in [0, 0.05) is 13.1 Å². The summed E-state index contributed by atoms with van der Waals surface area (Å²) in [6.45, 7) is 14.3. The Bertz CT molecular complexity index is 817. The SMILES string of the molecule is CCC(C(=O)OCCN(CC)CCCN(CC)CCOC(=O)C(CC)c1ccccc1)c1ccccc1. The molecule has 0 aliphatic rings. The molecule has 0 aromatic heterocycles. The molecule has 0 saturated carbocycles. The number of carbonyl (C=O) groups is 2. The van der Waals surface area contributed by atoms with Gasteiger partial charge in [0.25, 0.3) is 0 Å². The highest BCUT2D eigenvalue weighted by Gasteiger charge is 2.21. The van der Waals surface area contributed by atoms with Gasteiger partial charge in [-0.2, -0.15) is 0 Å². The highest BCUT2D eigenvalue weighted by molar-refractivity contribution is 5.78. The molecular formula is C31H46N2O4. The summed E-state index contributed by atoms with van der Waals surface area (Å²) >= 11 is 0. The van der Waals surface area contributed by atoms with E-state index in [1.165, 1.54) is 0 Å². The summed E-state index contributed by atoms with van der Waals surface area (Å²) < 4.78 is 11.3. The van der Waals surface area contributed by atoms with Crippen LogP contribution in [0.4, 0.5) is 0 Å². The average molecular weight is 511 g/mol. The molecule has 0 radical (unpaired) electrons. The van der Waals surface area contributed by atoms with E-state index in [-0.39, 0.29) is 23.8 Å². The summed E-state index contributed by atoms with van der Waals surface area (Å²) in [6.07, 6.45) is 2.47. The van der Waals surface area contributed by atoms with Gasteiger partial charge in [-0.05, 0) is 56.6 Å². The predicted molar refractivity (Wildman–Crippen MR) is 150 cm³/mol. The molecule has 0 saturated heterocycles. The maximum atomic E-state index is 12.6. The Balaban J connectivity index is 1.67. The van der Waals surface area contributed by atoms with Gasteiger partial charge in [-0.1, -0.05) is 88.4 Å². The van der Waals surface area contributed by atoms with Crippen LogP contribution in [0.25, 0.3) is 0 Å². The molecule has 0 spiro atoms. The molecular weight excluding hydrogens is 464 g/mol. The van der Waals surface area contributed by atoms with Gasteiger partial charge in [-0.3, -0.25) is 9.59 Å². The molecule has 0 fully saturated rings. The van der Waals surface area contributed by atoms with E-state index in [9.17, 15) is 9.59 Å². The highest BCUT2D eigenvalue weighted by Crippen LogP contribution is 2.21. The lowest BCUT2D eigenvalue weighted by molar-refractivity contribution is -0.146. The van der Waals surface area contributed by atoms with Crippen molar-refractivity contribution in [3.05, 3.63) is 71.8 Å². The lowest BCUT2D eigenvalue weighted by Crippen LogP contribution is -2.34. The normalized spacial score (nSPS) is 12.9. The highest BCUT2D eigenvalue weighted by atomic mass is 16.5. The number of likely N-dealkylation sites (N-methyl/N-ethyl adjacent to an activating group) is 2. The van der Waals surface area contributed by atoms with Crippen molar-refractivity contribution < 1.29 is 19.1 Å². The van der Waals surface area contributed by atoms with E-state index in [2.05, 4.69) is 23.6 Å². The van der Waals surface area contributed by atoms with Crippen molar-refractivity contribution in [2.75, 3.05) is 52.5 Å². The molecule has 0 N–H and O–H groups in total. The Morgan fingerprint density at radius 2 is 1.00 bits per heavy atom. The molecule has 0 bridgehead atoms. The first kappa shape index (κ1) is 30.5. The van der Waals surface area contributed by atoms with E-state index in [1.54, 1.807) is 0 Å². The first-order chi connectivity index (χ1) is 18.0. The largest absolute Gasteiger partial charge is 0.464 e. The molecule has 2 atom stereocenters. The Labute approximate surface area is 223 Å². The van der Waals surface area contributed by atoms with Crippen LogP contribution in [-0.4, -0.2) is 74.2 Å². The van der Waals surface area contributed by atoms with Gasteiger partial charge >= 0.3 is 11.9 Å². The van der Waals surface area contributed by atoms with Gasteiger partial charge in [-0.25, -0.2) is 0 Å². The van der Waals surface area contributed by atoms with Crippen molar-refractivity contribution in [3.63, 3.8) is 0 Å². The molecule has 2 aromatic carbocycles. The van der Waals surface area contributed by atoms with Crippen molar-refractivity contribution in [2.45, 2.75) is 58.8 Å². The van der Waals surface area contributed by atoms with Crippen molar-refractivity contribution in [1.82, 2.24) is 9.80 Å². The second-order valence-corrected chi connectivity index (χ2v) is 9.30. The summed E-state index contributed by atoms with van der Waals surface area (Å²) in [7, 11) is 0. The number of hydrogen-bond donors (Lipinski definition) is 0. The smallest absolute Gasteiger partial charge is 0.313 e. The van der Waals surface area contributed by atoms with Crippen LogP contribution in [0.5, 0.6) is 0 Å². The second kappa shape index (κ2) is 17.7. The third-order valence-electron chi connectivity index (χ3n) is 6.94. The van der Waals surface area contributed by atoms with E-state index < -0.39 is 0 Å². The number of rotatable bonds is 18. The average Bonchev–Trinajstić information content (AvgIpc) is 2.93. The fourth-order valence-corrected chi connectivity index (χ4v) is 4.57. The van der Waals surface area contributed by atoms with Crippen LogP contribution >= 0.6 is 0 Å². The van der Waals surface area contributed by atoms with Crippen LogP contribution in [0.15, 0.2) is 60.7 Å². The van der Waals surface area contributed by atoms with E-state index >= 15 is 0 Å². The molecule has 204 valence electrons. The van der Waals surface area contributed by atoms with Crippen LogP contribution in [-0.2, 0) is 19.1 Å². The number of esters is 2. The minimum Gasteiger partial charge on any atom is -0.464 e. The zero-order valence-corrected chi connectivity index (χ0v) is 23.2. The molecule has 2 rings (SSSR count). The van der Waals surface area contributed by atoms with Crippen LogP contribution in [0.1, 0.15) is 69.9 Å². The van der Waals surface area contributed by atoms with Crippen LogP contribution in [0.2, 0.25) is 0 Å². The zero-order valence-electron chi connectivity index (χ0n) is 23.2. The molecule has 37 heavy (non-hydrogen) atoms. The third-order valence-corrected chi connectivity index (χ3v) is 6.94. The number of hydrogen-bond acceptors (Lipinski definition) is 6. The molecule has 0 aliphatic carbocycles. The summed E-state index contributed by atoms with van der Waals surface area (Å²) in [4.78, 5) is 29.8. The first-order valence-corrected chi connectivity index (χ1v) is 13.9. The maximum absolute atomic E-state index is 12.6. The van der Waals surface area contributed by atoms with Crippen molar-refractivity contribution >= 4 is 11.9 Å². The summed E-state index contributed by atoms with van der Waals surface area (Å²) in [5, 5.41) is 0. The second-order valence-electron chi connectivity index (χ2n) is 9.30. The van der Waals surface area contributed by atoms with Gasteiger partial charge in [0.1, 0.15) is 13.2 Å². The van der Waals surface area contributed by atoms with Gasteiger partial charge in [-0.15, -0.1) is 0 Å². The predicted octanol–water partition coefficient (Wildman–Crippen LogP) is 5.49. The van der Waals surface area contributed by atoms with E-state index in [0.717, 1.165) is 69.7 Å². The molecule has 2 unspecified atom stereocenters. The molecule has 0 heterocycles. The van der Waals surface area contributed by atoms with Crippen molar-refractivity contribution in [2.24, 2.45) is 0 Å². The van der Waals surface area contributed by atoms with E-state index in [4.69, 9.17) is 9.47 Å². The molecule has 0 amide bonds. The molecule has 0 aliphatic heterocycles. The lowest BCUT2D eigenvalue weighted by atomic mass is 9.97. The molecule has 6 nitrogen and oxygen atoms in total. The third kappa shape index (κ3) is 10.7. The van der Waals surface area contributed by atoms with Crippen LogP contribution < -0.4 is 0 Å². The van der Waals surface area contributed by atoms with Gasteiger partial charge < -0.3 is 19.3 Å². The fourth-order valence-electron chi connectivity index (χ4n) is 4.57. The summed E-state index contributed by atoms with van der Waals surface area (Å²) in [5.74, 6) is -0.698. The van der Waals surface area contributed by atoms with Crippen LogP contribution in [0, 0.1) is 0 Å². The fraction of sp³-hybridized carbons (Fsp3) is 0.548. The van der Waals surface area contributed by atoms with Crippen molar-refractivity contribution in [3.8, 4) is 0 Å². The number of carbonyl (C=O) groups excluding carboxylic acids is 2. The van der Waals surface area contributed by atoms with E-state index in [1.807, 2.05) is 74.5 Å². The van der Waals surface area contributed by atoms with Gasteiger partial charge in [0.15, 0.2) is 0 Å². The van der Waals surface area contributed by atoms with Crippen molar-refractivity contribution in [1.29, 1.82) is 0 Å². The zero-order chi connectivity index (χ0) is 26.9. The van der Waals surface area contributed by atoms with Crippen LogP contribution in [0.3, 0.4) is 0 Å². The summed E-state index contributed by atoms with van der Waals surface area (Å²) in [5.41, 5.74) is 2.02.